The molecule has 6 nitrogen and oxygen atoms in total. The van der Waals surface area contributed by atoms with Crippen LogP contribution in [0.4, 0.5) is 0 Å². The maximum Gasteiger partial charge on any atom is 0.306 e. The third-order valence-electron chi connectivity index (χ3n) is 11.7. The second-order valence-electron chi connectivity index (χ2n) is 18.2. The van der Waals surface area contributed by atoms with E-state index in [1.807, 2.05) is 30.4 Å². The first-order valence-corrected chi connectivity index (χ1v) is 27.6. The topological polar surface area (TPSA) is 78.9 Å². The lowest BCUT2D eigenvalue weighted by atomic mass is 10.0. The Morgan fingerprint density at radius 1 is 0.333 bits per heavy atom. The Labute approximate surface area is 407 Å². The summed E-state index contributed by atoms with van der Waals surface area (Å²) in [6.07, 6.45) is 70.0. The molecule has 0 saturated heterocycles. The van der Waals surface area contributed by atoms with Crippen LogP contribution in [0.1, 0.15) is 258 Å². The summed E-state index contributed by atoms with van der Waals surface area (Å²) < 4.78 is 16.8. The predicted molar refractivity (Wildman–Crippen MR) is 284 cm³/mol. The Bertz CT molecular complexity index is 1290. The highest BCUT2D eigenvalue weighted by Gasteiger charge is 2.19. The Kier molecular flexibility index (Phi) is 51.4. The molecular weight excluding hydrogens is 817 g/mol. The van der Waals surface area contributed by atoms with Gasteiger partial charge in [-0.1, -0.05) is 254 Å². The van der Waals surface area contributed by atoms with E-state index >= 15 is 0 Å². The standard InChI is InChI=1S/C60H102O6/c1-4-7-10-13-16-19-22-25-27-29-30-31-33-35-38-41-44-47-50-53-59(62)65-56-57(55-64-58(61)52-49-46-43-40-37-34-24-21-18-15-12-9-6-3)66-60(63)54-51-48-45-42-39-36-32-28-26-23-20-17-14-11-8-5-2/h8-9,11-12,15,17-18,20-21,24,26,28,34,37,57H,4-7,10,13-14,16,19,22-23,25,27,29-33,35-36,38-56H2,1-3H3/b11-8-,12-9-,18-15-,20-17-,24-21-,28-26-,37-34-. The molecule has 0 aliphatic heterocycles. The summed E-state index contributed by atoms with van der Waals surface area (Å²) in [5, 5.41) is 0. The van der Waals surface area contributed by atoms with Gasteiger partial charge in [0.1, 0.15) is 13.2 Å². The minimum atomic E-state index is -0.798. The van der Waals surface area contributed by atoms with E-state index in [9.17, 15) is 14.4 Å². The molecule has 0 aromatic heterocycles. The van der Waals surface area contributed by atoms with E-state index in [0.29, 0.717) is 19.3 Å². The van der Waals surface area contributed by atoms with Crippen LogP contribution in [0.2, 0.25) is 0 Å². The van der Waals surface area contributed by atoms with Crippen LogP contribution in [0.5, 0.6) is 0 Å². The predicted octanol–water partition coefficient (Wildman–Crippen LogP) is 18.4. The van der Waals surface area contributed by atoms with E-state index in [0.717, 1.165) is 103 Å². The van der Waals surface area contributed by atoms with Crippen LogP contribution >= 0.6 is 0 Å². The van der Waals surface area contributed by atoms with Gasteiger partial charge >= 0.3 is 17.9 Å². The first-order valence-electron chi connectivity index (χ1n) is 27.6. The van der Waals surface area contributed by atoms with Gasteiger partial charge in [-0.05, 0) is 70.6 Å². The molecule has 0 bridgehead atoms. The van der Waals surface area contributed by atoms with E-state index in [1.165, 1.54) is 116 Å². The van der Waals surface area contributed by atoms with Crippen LogP contribution in [0, 0.1) is 0 Å². The molecule has 0 aromatic rings. The molecule has 0 saturated carbocycles. The van der Waals surface area contributed by atoms with Gasteiger partial charge in [0.2, 0.25) is 0 Å². The zero-order chi connectivity index (χ0) is 47.9. The average Bonchev–Trinajstić information content (AvgIpc) is 3.31. The third kappa shape index (κ3) is 51.6. The van der Waals surface area contributed by atoms with Gasteiger partial charge in [0, 0.05) is 19.3 Å². The molecule has 0 N–H and O–H groups in total. The Morgan fingerprint density at radius 3 is 1.12 bits per heavy atom. The molecule has 1 unspecified atom stereocenters. The fourth-order valence-corrected chi connectivity index (χ4v) is 7.64. The number of hydrogen-bond donors (Lipinski definition) is 0. The summed E-state index contributed by atoms with van der Waals surface area (Å²) in [6, 6.07) is 0. The molecular formula is C60H102O6. The van der Waals surface area contributed by atoms with E-state index in [2.05, 4.69) is 75.5 Å². The fourth-order valence-electron chi connectivity index (χ4n) is 7.64. The molecule has 378 valence electrons. The normalized spacial score (nSPS) is 12.7. The second kappa shape index (κ2) is 54.2. The number of carbonyl (C=O) groups excluding carboxylic acids is 3. The summed E-state index contributed by atoms with van der Waals surface area (Å²) in [6.45, 7) is 6.36. The van der Waals surface area contributed by atoms with E-state index < -0.39 is 6.10 Å². The molecule has 0 heterocycles. The Morgan fingerprint density at radius 2 is 0.667 bits per heavy atom. The SMILES string of the molecule is CC\C=C/C=C\C=C/C=C\CCCCCC(=O)OCC(COC(=O)CCCCCCCCCCCCCCCCCCCCC)OC(=O)CCCCCCCC/C=C\C/C=C\C/C=C\CC. The van der Waals surface area contributed by atoms with Crippen molar-refractivity contribution in [2.45, 2.75) is 264 Å². The Balaban J connectivity index is 4.40. The average molecular weight is 919 g/mol. The molecule has 1 atom stereocenters. The van der Waals surface area contributed by atoms with Crippen LogP contribution in [0.3, 0.4) is 0 Å². The second-order valence-corrected chi connectivity index (χ2v) is 18.2. The summed E-state index contributed by atoms with van der Waals surface area (Å²) in [5.74, 6) is -0.942. The van der Waals surface area contributed by atoms with Crippen LogP contribution in [0.25, 0.3) is 0 Å². The van der Waals surface area contributed by atoms with Crippen molar-refractivity contribution in [3.63, 3.8) is 0 Å². The maximum atomic E-state index is 12.8. The third-order valence-corrected chi connectivity index (χ3v) is 11.7. The molecule has 0 amide bonds. The number of unbranched alkanes of at least 4 members (excludes halogenated alkanes) is 27. The van der Waals surface area contributed by atoms with Gasteiger partial charge in [-0.15, -0.1) is 0 Å². The van der Waals surface area contributed by atoms with Crippen molar-refractivity contribution in [2.24, 2.45) is 0 Å². The summed E-state index contributed by atoms with van der Waals surface area (Å²) in [7, 11) is 0. The summed E-state index contributed by atoms with van der Waals surface area (Å²) in [4.78, 5) is 38.1. The van der Waals surface area contributed by atoms with Crippen molar-refractivity contribution < 1.29 is 28.6 Å². The van der Waals surface area contributed by atoms with Crippen LogP contribution in [0.15, 0.2) is 85.1 Å². The lowest BCUT2D eigenvalue weighted by molar-refractivity contribution is -0.167. The van der Waals surface area contributed by atoms with Gasteiger partial charge in [0.05, 0.1) is 0 Å². The summed E-state index contributed by atoms with van der Waals surface area (Å²) >= 11 is 0. The van der Waals surface area contributed by atoms with Crippen molar-refractivity contribution >= 4 is 17.9 Å². The highest BCUT2D eigenvalue weighted by atomic mass is 16.6. The first kappa shape index (κ1) is 62.6. The van der Waals surface area contributed by atoms with E-state index in [-0.39, 0.29) is 31.1 Å². The highest BCUT2D eigenvalue weighted by Crippen LogP contribution is 2.16. The van der Waals surface area contributed by atoms with Crippen LogP contribution in [-0.2, 0) is 28.6 Å². The molecule has 0 spiro atoms. The number of esters is 3. The quantitative estimate of drug-likeness (QED) is 0.0199. The molecule has 0 aliphatic rings. The van der Waals surface area contributed by atoms with E-state index in [1.54, 1.807) is 0 Å². The zero-order valence-corrected chi connectivity index (χ0v) is 43.2. The fraction of sp³-hybridized carbons (Fsp3) is 0.717. The number of ether oxygens (including phenoxy) is 3. The van der Waals surface area contributed by atoms with Gasteiger partial charge in [-0.25, -0.2) is 0 Å². The first-order chi connectivity index (χ1) is 32.5. The lowest BCUT2D eigenvalue weighted by Crippen LogP contribution is -2.30. The van der Waals surface area contributed by atoms with Crippen molar-refractivity contribution in [2.75, 3.05) is 13.2 Å². The van der Waals surface area contributed by atoms with Crippen molar-refractivity contribution in [3.05, 3.63) is 85.1 Å². The smallest absolute Gasteiger partial charge is 0.306 e. The van der Waals surface area contributed by atoms with Crippen molar-refractivity contribution in [3.8, 4) is 0 Å². The Hall–Kier alpha value is -3.41. The lowest BCUT2D eigenvalue weighted by Gasteiger charge is -2.18. The van der Waals surface area contributed by atoms with Crippen molar-refractivity contribution in [1.82, 2.24) is 0 Å². The molecule has 0 aliphatic carbocycles. The van der Waals surface area contributed by atoms with Crippen molar-refractivity contribution in [1.29, 1.82) is 0 Å². The molecule has 6 heteroatoms. The van der Waals surface area contributed by atoms with Gasteiger partial charge in [0.15, 0.2) is 6.10 Å². The van der Waals surface area contributed by atoms with Gasteiger partial charge in [-0.3, -0.25) is 14.4 Å². The minimum Gasteiger partial charge on any atom is -0.462 e. The molecule has 0 aromatic carbocycles. The summed E-state index contributed by atoms with van der Waals surface area (Å²) in [5.41, 5.74) is 0. The maximum absolute atomic E-state index is 12.8. The largest absolute Gasteiger partial charge is 0.462 e. The highest BCUT2D eigenvalue weighted by molar-refractivity contribution is 5.71. The zero-order valence-electron chi connectivity index (χ0n) is 43.2. The molecule has 0 radical (unpaired) electrons. The monoisotopic (exact) mass is 919 g/mol. The minimum absolute atomic E-state index is 0.0932. The van der Waals surface area contributed by atoms with Gasteiger partial charge in [0.25, 0.3) is 0 Å². The van der Waals surface area contributed by atoms with Gasteiger partial charge in [-0.2, -0.15) is 0 Å². The number of carbonyl (C=O) groups is 3. The number of allylic oxidation sites excluding steroid dienone is 14. The van der Waals surface area contributed by atoms with E-state index in [4.69, 9.17) is 14.2 Å². The molecule has 0 rings (SSSR count). The van der Waals surface area contributed by atoms with Crippen LogP contribution in [-0.4, -0.2) is 37.2 Å². The number of rotatable bonds is 49. The van der Waals surface area contributed by atoms with Crippen LogP contribution < -0.4 is 0 Å². The molecule has 0 fully saturated rings. The molecule has 66 heavy (non-hydrogen) atoms. The van der Waals surface area contributed by atoms with Gasteiger partial charge < -0.3 is 14.2 Å². The number of hydrogen-bond acceptors (Lipinski definition) is 6.